The van der Waals surface area contributed by atoms with Crippen LogP contribution < -0.4 is 10.6 Å². The summed E-state index contributed by atoms with van der Waals surface area (Å²) < 4.78 is 0. The molecule has 0 saturated heterocycles. The predicted octanol–water partition coefficient (Wildman–Crippen LogP) is 2.59. The van der Waals surface area contributed by atoms with Gasteiger partial charge in [0.25, 0.3) is 0 Å². The van der Waals surface area contributed by atoms with E-state index in [1.165, 1.54) is 0 Å². The van der Waals surface area contributed by atoms with Crippen molar-refractivity contribution in [2.45, 2.75) is 39.7 Å². The van der Waals surface area contributed by atoms with E-state index in [0.717, 1.165) is 23.2 Å². The molecule has 3 N–H and O–H groups in total. The molecule has 18 heavy (non-hydrogen) atoms. The predicted molar refractivity (Wildman–Crippen MR) is 73.9 cm³/mol. The maximum Gasteiger partial charge on any atom is 0.319 e. The van der Waals surface area contributed by atoms with Gasteiger partial charge in [0.05, 0.1) is 0 Å². The van der Waals surface area contributed by atoms with Gasteiger partial charge in [-0.3, -0.25) is 0 Å². The summed E-state index contributed by atoms with van der Waals surface area (Å²) in [6, 6.07) is 5.79. The van der Waals surface area contributed by atoms with Gasteiger partial charge in [0.15, 0.2) is 0 Å². The number of rotatable bonds is 5. The van der Waals surface area contributed by atoms with Crippen molar-refractivity contribution in [1.82, 2.24) is 5.32 Å². The first-order chi connectivity index (χ1) is 8.51. The number of carbonyl (C=O) groups is 1. The number of hydrogen-bond donors (Lipinski definition) is 3. The molecule has 1 atom stereocenters. The normalized spacial score (nSPS) is 12.0. The molecule has 1 aromatic carbocycles. The molecule has 0 heterocycles. The molecular weight excluding hydrogens is 228 g/mol. The zero-order chi connectivity index (χ0) is 13.5. The number of aliphatic hydroxyl groups is 1. The summed E-state index contributed by atoms with van der Waals surface area (Å²) in [6.45, 7) is 6.08. The summed E-state index contributed by atoms with van der Waals surface area (Å²) in [5.74, 6) is 0. The van der Waals surface area contributed by atoms with Crippen molar-refractivity contribution in [2.24, 2.45) is 0 Å². The monoisotopic (exact) mass is 250 g/mol. The van der Waals surface area contributed by atoms with Gasteiger partial charge < -0.3 is 15.7 Å². The van der Waals surface area contributed by atoms with Crippen molar-refractivity contribution in [1.29, 1.82) is 0 Å². The quantitative estimate of drug-likeness (QED) is 0.752. The molecule has 0 bridgehead atoms. The fraction of sp³-hybridized carbons (Fsp3) is 0.500. The van der Waals surface area contributed by atoms with Crippen molar-refractivity contribution in [3.8, 4) is 0 Å². The lowest BCUT2D eigenvalue weighted by Gasteiger charge is -2.14. The lowest BCUT2D eigenvalue weighted by molar-refractivity contribution is 0.245. The van der Waals surface area contributed by atoms with Crippen LogP contribution in [0.3, 0.4) is 0 Å². The molecular formula is C14H22N2O2. The van der Waals surface area contributed by atoms with Gasteiger partial charge in [0, 0.05) is 18.3 Å². The zero-order valence-electron chi connectivity index (χ0n) is 11.3. The molecule has 4 heteroatoms. The number of aryl methyl sites for hydroxylation is 2. The van der Waals surface area contributed by atoms with E-state index < -0.39 is 0 Å². The van der Waals surface area contributed by atoms with Crippen LogP contribution >= 0.6 is 0 Å². The van der Waals surface area contributed by atoms with Gasteiger partial charge in [-0.1, -0.05) is 6.07 Å². The highest BCUT2D eigenvalue weighted by molar-refractivity contribution is 5.89. The molecule has 1 rings (SSSR count). The highest BCUT2D eigenvalue weighted by Gasteiger charge is 2.07. The van der Waals surface area contributed by atoms with Crippen molar-refractivity contribution >= 4 is 11.7 Å². The zero-order valence-corrected chi connectivity index (χ0v) is 11.3. The Morgan fingerprint density at radius 2 is 1.89 bits per heavy atom. The van der Waals surface area contributed by atoms with E-state index >= 15 is 0 Å². The van der Waals surface area contributed by atoms with E-state index in [1.807, 2.05) is 32.9 Å². The number of aliphatic hydroxyl groups excluding tert-OH is 1. The Labute approximate surface area is 108 Å². The van der Waals surface area contributed by atoms with Gasteiger partial charge in [-0.05, 0) is 56.9 Å². The van der Waals surface area contributed by atoms with Gasteiger partial charge in [0.1, 0.15) is 0 Å². The highest BCUT2D eigenvalue weighted by atomic mass is 16.3. The number of amides is 2. The van der Waals surface area contributed by atoms with Gasteiger partial charge in [-0.2, -0.15) is 0 Å². The average molecular weight is 250 g/mol. The van der Waals surface area contributed by atoms with E-state index in [-0.39, 0.29) is 18.7 Å². The highest BCUT2D eigenvalue weighted by Crippen LogP contribution is 2.13. The molecule has 0 aliphatic heterocycles. The standard InChI is InChI=1S/C14H22N2O2/c1-10-7-11(2)9-13(8-10)16-14(18)15-12(3)5-4-6-17/h7-9,12,17H,4-6H2,1-3H3,(H2,15,16,18). The van der Waals surface area contributed by atoms with Crippen LogP contribution in [0.15, 0.2) is 18.2 Å². The summed E-state index contributed by atoms with van der Waals surface area (Å²) in [5.41, 5.74) is 3.05. The first-order valence-corrected chi connectivity index (χ1v) is 6.28. The summed E-state index contributed by atoms with van der Waals surface area (Å²) in [7, 11) is 0. The van der Waals surface area contributed by atoms with Gasteiger partial charge in [-0.15, -0.1) is 0 Å². The van der Waals surface area contributed by atoms with Crippen molar-refractivity contribution < 1.29 is 9.90 Å². The maximum atomic E-state index is 11.7. The van der Waals surface area contributed by atoms with Crippen LogP contribution in [-0.4, -0.2) is 23.8 Å². The molecule has 4 nitrogen and oxygen atoms in total. The second kappa shape index (κ2) is 7.01. The maximum absolute atomic E-state index is 11.7. The summed E-state index contributed by atoms with van der Waals surface area (Å²) >= 11 is 0. The van der Waals surface area contributed by atoms with Crippen LogP contribution in [0, 0.1) is 13.8 Å². The fourth-order valence-corrected chi connectivity index (χ4v) is 1.91. The molecule has 100 valence electrons. The largest absolute Gasteiger partial charge is 0.396 e. The van der Waals surface area contributed by atoms with E-state index in [0.29, 0.717) is 6.42 Å². The van der Waals surface area contributed by atoms with E-state index in [9.17, 15) is 4.79 Å². The molecule has 0 aliphatic carbocycles. The van der Waals surface area contributed by atoms with Crippen molar-refractivity contribution in [3.05, 3.63) is 29.3 Å². The summed E-state index contributed by atoms with van der Waals surface area (Å²) in [5, 5.41) is 14.4. The minimum absolute atomic E-state index is 0.0584. The SMILES string of the molecule is Cc1cc(C)cc(NC(=O)NC(C)CCCO)c1. The Balaban J connectivity index is 2.48. The Morgan fingerprint density at radius 3 is 2.44 bits per heavy atom. The number of carbonyl (C=O) groups excluding carboxylic acids is 1. The fourth-order valence-electron chi connectivity index (χ4n) is 1.91. The third-order valence-electron chi connectivity index (χ3n) is 2.65. The first-order valence-electron chi connectivity index (χ1n) is 6.28. The molecule has 0 radical (unpaired) electrons. The second-order valence-electron chi connectivity index (χ2n) is 4.74. The molecule has 0 saturated carbocycles. The summed E-state index contributed by atoms with van der Waals surface area (Å²) in [6.07, 6.45) is 1.47. The molecule has 0 fully saturated rings. The summed E-state index contributed by atoms with van der Waals surface area (Å²) in [4.78, 5) is 11.7. The van der Waals surface area contributed by atoms with Gasteiger partial charge >= 0.3 is 6.03 Å². The molecule has 0 aliphatic rings. The Hall–Kier alpha value is -1.55. The number of anilines is 1. The van der Waals surface area contributed by atoms with E-state index in [2.05, 4.69) is 16.7 Å². The van der Waals surface area contributed by atoms with Crippen LogP contribution in [0.2, 0.25) is 0 Å². The third-order valence-corrected chi connectivity index (χ3v) is 2.65. The smallest absolute Gasteiger partial charge is 0.319 e. The lowest BCUT2D eigenvalue weighted by Crippen LogP contribution is -2.36. The number of nitrogens with one attached hydrogen (secondary N) is 2. The Kier molecular flexibility index (Phi) is 5.65. The molecule has 1 unspecified atom stereocenters. The van der Waals surface area contributed by atoms with Gasteiger partial charge in [-0.25, -0.2) is 4.79 Å². The van der Waals surface area contributed by atoms with Gasteiger partial charge in [0.2, 0.25) is 0 Å². The third kappa shape index (κ3) is 5.19. The van der Waals surface area contributed by atoms with Crippen LogP contribution in [0.25, 0.3) is 0 Å². The minimum Gasteiger partial charge on any atom is -0.396 e. The topological polar surface area (TPSA) is 61.4 Å². The van der Waals surface area contributed by atoms with Crippen LogP contribution in [-0.2, 0) is 0 Å². The number of hydrogen-bond acceptors (Lipinski definition) is 2. The van der Waals surface area contributed by atoms with Crippen molar-refractivity contribution in [3.63, 3.8) is 0 Å². The molecule has 0 spiro atoms. The number of benzene rings is 1. The molecule has 1 aromatic rings. The van der Waals surface area contributed by atoms with E-state index in [4.69, 9.17) is 5.11 Å². The molecule has 0 aromatic heterocycles. The van der Waals surface area contributed by atoms with E-state index in [1.54, 1.807) is 0 Å². The number of urea groups is 1. The van der Waals surface area contributed by atoms with Crippen molar-refractivity contribution in [2.75, 3.05) is 11.9 Å². The first kappa shape index (κ1) is 14.5. The minimum atomic E-state index is -0.203. The van der Waals surface area contributed by atoms with Crippen LogP contribution in [0.5, 0.6) is 0 Å². The molecule has 2 amide bonds. The Morgan fingerprint density at radius 1 is 1.28 bits per heavy atom. The second-order valence-corrected chi connectivity index (χ2v) is 4.74. The average Bonchev–Trinajstić information content (AvgIpc) is 2.24. The Bertz CT molecular complexity index is 385. The van der Waals surface area contributed by atoms with Crippen LogP contribution in [0.1, 0.15) is 30.9 Å². The van der Waals surface area contributed by atoms with Crippen LogP contribution in [0.4, 0.5) is 10.5 Å². The lowest BCUT2D eigenvalue weighted by atomic mass is 10.1.